The second-order valence-corrected chi connectivity index (χ2v) is 5.09. The van der Waals surface area contributed by atoms with Crippen LogP contribution in [0.1, 0.15) is 31.2 Å². The summed E-state index contributed by atoms with van der Waals surface area (Å²) in [5.41, 5.74) is 0.792. The Balaban J connectivity index is 2.37. The monoisotopic (exact) mass is 353 g/mol. The van der Waals surface area contributed by atoms with Crippen LogP contribution in [0, 0.1) is 10.1 Å². The standard InChI is InChI=1S/C17H23NO7/c1-22-16-13-14(8-10-17(19)23-2)7-9-15(16)24-11-5-3-4-6-12-25-18(20)21/h7-10,13H,3-6,11-12H2,1-2H3/b10-8+. The number of hydrogen-bond donors (Lipinski definition) is 0. The minimum absolute atomic E-state index is 0.127. The molecule has 0 saturated carbocycles. The van der Waals surface area contributed by atoms with Crippen molar-refractivity contribution in [2.24, 2.45) is 0 Å². The molecule has 25 heavy (non-hydrogen) atoms. The zero-order valence-corrected chi connectivity index (χ0v) is 14.4. The van der Waals surface area contributed by atoms with Gasteiger partial charge in [-0.3, -0.25) is 0 Å². The maximum atomic E-state index is 11.1. The Labute approximate surface area is 146 Å². The highest BCUT2D eigenvalue weighted by Crippen LogP contribution is 2.28. The zero-order valence-electron chi connectivity index (χ0n) is 14.4. The normalized spacial score (nSPS) is 10.5. The number of methoxy groups -OCH3 is 2. The molecule has 0 spiro atoms. The van der Waals surface area contributed by atoms with E-state index in [0.717, 1.165) is 24.8 Å². The Morgan fingerprint density at radius 2 is 1.84 bits per heavy atom. The van der Waals surface area contributed by atoms with Gasteiger partial charge in [0.05, 0.1) is 27.4 Å². The van der Waals surface area contributed by atoms with Crippen molar-refractivity contribution in [3.05, 3.63) is 40.0 Å². The third kappa shape index (κ3) is 8.59. The topological polar surface area (TPSA) is 97.1 Å². The number of benzene rings is 1. The van der Waals surface area contributed by atoms with E-state index < -0.39 is 11.1 Å². The lowest BCUT2D eigenvalue weighted by atomic mass is 10.2. The molecule has 8 heteroatoms. The Kier molecular flexibility index (Phi) is 9.50. The first-order valence-corrected chi connectivity index (χ1v) is 7.91. The molecule has 0 unspecified atom stereocenters. The quantitative estimate of drug-likeness (QED) is 0.187. The van der Waals surface area contributed by atoms with Crippen molar-refractivity contribution in [2.45, 2.75) is 25.7 Å². The van der Waals surface area contributed by atoms with Crippen LogP contribution in [0.5, 0.6) is 11.5 Å². The number of hydrogen-bond acceptors (Lipinski definition) is 7. The molecule has 0 fully saturated rings. The molecule has 0 radical (unpaired) electrons. The first-order valence-electron chi connectivity index (χ1n) is 7.91. The van der Waals surface area contributed by atoms with Gasteiger partial charge in [-0.1, -0.05) is 18.9 Å². The predicted octanol–water partition coefficient (Wildman–Crippen LogP) is 3.03. The smallest absolute Gasteiger partial charge is 0.330 e. The lowest BCUT2D eigenvalue weighted by molar-refractivity contribution is -0.757. The maximum Gasteiger partial charge on any atom is 0.330 e. The molecule has 0 aliphatic rings. The first kappa shape index (κ1) is 20.3. The molecule has 1 rings (SSSR count). The molecule has 0 atom stereocenters. The molecule has 0 aliphatic carbocycles. The first-order chi connectivity index (χ1) is 12.1. The van der Waals surface area contributed by atoms with Gasteiger partial charge in [0.25, 0.3) is 5.09 Å². The molecule has 1 aromatic carbocycles. The van der Waals surface area contributed by atoms with Crippen LogP contribution in [0.2, 0.25) is 0 Å². The van der Waals surface area contributed by atoms with Crippen molar-refractivity contribution in [3.63, 3.8) is 0 Å². The second-order valence-electron chi connectivity index (χ2n) is 5.09. The van der Waals surface area contributed by atoms with Crippen molar-refractivity contribution in [1.82, 2.24) is 0 Å². The zero-order chi connectivity index (χ0) is 18.5. The summed E-state index contributed by atoms with van der Waals surface area (Å²) in [6.45, 7) is 0.645. The number of ether oxygens (including phenoxy) is 3. The Bertz CT molecular complexity index is 586. The molecule has 0 amide bonds. The number of nitrogens with zero attached hydrogens (tertiary/aromatic N) is 1. The third-order valence-electron chi connectivity index (χ3n) is 3.29. The average Bonchev–Trinajstić information content (AvgIpc) is 2.61. The maximum absolute atomic E-state index is 11.1. The Morgan fingerprint density at radius 1 is 1.12 bits per heavy atom. The minimum atomic E-state index is -0.778. The summed E-state index contributed by atoms with van der Waals surface area (Å²) in [6, 6.07) is 5.36. The Hall–Kier alpha value is -2.77. The van der Waals surface area contributed by atoms with Crippen LogP contribution in [-0.4, -0.2) is 38.5 Å². The molecule has 0 aliphatic heterocycles. The van der Waals surface area contributed by atoms with E-state index in [4.69, 9.17) is 9.47 Å². The van der Waals surface area contributed by atoms with Gasteiger partial charge in [-0.05, 0) is 36.6 Å². The molecule has 1 aromatic rings. The summed E-state index contributed by atoms with van der Waals surface area (Å²) in [5.74, 6) is 0.767. The summed E-state index contributed by atoms with van der Waals surface area (Å²) in [5, 5.41) is 9.21. The molecule has 8 nitrogen and oxygen atoms in total. The van der Waals surface area contributed by atoms with Gasteiger partial charge < -0.3 is 19.0 Å². The van der Waals surface area contributed by atoms with Crippen molar-refractivity contribution >= 4 is 12.0 Å². The summed E-state index contributed by atoms with van der Waals surface area (Å²) in [4.78, 5) is 25.3. The van der Waals surface area contributed by atoms with Crippen LogP contribution >= 0.6 is 0 Å². The average molecular weight is 353 g/mol. The number of carbonyl (C=O) groups is 1. The number of esters is 1. The van der Waals surface area contributed by atoms with Gasteiger partial charge in [-0.15, -0.1) is 10.1 Å². The Morgan fingerprint density at radius 3 is 2.48 bits per heavy atom. The highest BCUT2D eigenvalue weighted by molar-refractivity contribution is 5.87. The van der Waals surface area contributed by atoms with Crippen molar-refractivity contribution < 1.29 is 28.9 Å². The number of unbranched alkanes of at least 4 members (excludes halogenated alkanes) is 3. The van der Waals surface area contributed by atoms with Crippen molar-refractivity contribution in [3.8, 4) is 11.5 Å². The molecule has 0 saturated heterocycles. The fraction of sp³-hybridized carbons (Fsp3) is 0.471. The SMILES string of the molecule is COC(=O)/C=C/c1ccc(OCCCCCCO[N+](=O)[O-])c(OC)c1. The van der Waals surface area contributed by atoms with E-state index in [1.54, 1.807) is 25.3 Å². The van der Waals surface area contributed by atoms with Gasteiger partial charge in [0.15, 0.2) is 11.5 Å². The van der Waals surface area contributed by atoms with Gasteiger partial charge in [0, 0.05) is 6.08 Å². The highest BCUT2D eigenvalue weighted by atomic mass is 16.9. The summed E-state index contributed by atoms with van der Waals surface area (Å²) >= 11 is 0. The number of carbonyl (C=O) groups excluding carboxylic acids is 1. The fourth-order valence-electron chi connectivity index (χ4n) is 2.02. The minimum Gasteiger partial charge on any atom is -0.493 e. The van der Waals surface area contributed by atoms with Gasteiger partial charge in [0.2, 0.25) is 0 Å². The molecular formula is C17H23NO7. The van der Waals surface area contributed by atoms with Gasteiger partial charge in [-0.2, -0.15) is 0 Å². The van der Waals surface area contributed by atoms with Crippen LogP contribution in [0.25, 0.3) is 6.08 Å². The van der Waals surface area contributed by atoms with Crippen molar-refractivity contribution in [1.29, 1.82) is 0 Å². The molecule has 0 heterocycles. The van der Waals surface area contributed by atoms with Gasteiger partial charge in [0.1, 0.15) is 0 Å². The largest absolute Gasteiger partial charge is 0.493 e. The summed E-state index contributed by atoms with van der Waals surface area (Å²) in [7, 11) is 2.87. The van der Waals surface area contributed by atoms with Crippen LogP contribution in [0.4, 0.5) is 0 Å². The van der Waals surface area contributed by atoms with Gasteiger partial charge >= 0.3 is 5.97 Å². The highest BCUT2D eigenvalue weighted by Gasteiger charge is 2.05. The van der Waals surface area contributed by atoms with Crippen LogP contribution in [0.15, 0.2) is 24.3 Å². The third-order valence-corrected chi connectivity index (χ3v) is 3.29. The van der Waals surface area contributed by atoms with Crippen LogP contribution in [0.3, 0.4) is 0 Å². The number of rotatable bonds is 12. The van der Waals surface area contributed by atoms with E-state index >= 15 is 0 Å². The van der Waals surface area contributed by atoms with E-state index in [9.17, 15) is 14.9 Å². The summed E-state index contributed by atoms with van der Waals surface area (Å²) in [6.07, 6.45) is 6.16. The lowest BCUT2D eigenvalue weighted by Gasteiger charge is -2.11. The molecule has 0 aromatic heterocycles. The van der Waals surface area contributed by atoms with E-state index in [0.29, 0.717) is 24.5 Å². The second kappa shape index (κ2) is 11.7. The molecule has 0 N–H and O–H groups in total. The van der Waals surface area contributed by atoms with E-state index in [-0.39, 0.29) is 6.61 Å². The van der Waals surface area contributed by atoms with E-state index in [1.165, 1.54) is 13.2 Å². The van der Waals surface area contributed by atoms with E-state index in [1.807, 2.05) is 6.07 Å². The van der Waals surface area contributed by atoms with E-state index in [2.05, 4.69) is 9.57 Å². The van der Waals surface area contributed by atoms with Crippen LogP contribution < -0.4 is 9.47 Å². The van der Waals surface area contributed by atoms with Gasteiger partial charge in [-0.25, -0.2) is 4.79 Å². The molecule has 0 bridgehead atoms. The van der Waals surface area contributed by atoms with Crippen molar-refractivity contribution in [2.75, 3.05) is 27.4 Å². The fourth-order valence-corrected chi connectivity index (χ4v) is 2.02. The summed E-state index contributed by atoms with van der Waals surface area (Å²) < 4.78 is 15.5. The lowest BCUT2D eigenvalue weighted by Crippen LogP contribution is -2.03. The van der Waals surface area contributed by atoms with Crippen LogP contribution in [-0.2, 0) is 14.4 Å². The predicted molar refractivity (Wildman–Crippen MR) is 91.0 cm³/mol. The molecular weight excluding hydrogens is 330 g/mol. The molecule has 138 valence electrons.